The molecule has 1 aromatic rings. The van der Waals surface area contributed by atoms with Crippen LogP contribution < -0.4 is 5.73 Å². The summed E-state index contributed by atoms with van der Waals surface area (Å²) in [6, 6.07) is 0. The minimum atomic E-state index is 0.519. The summed E-state index contributed by atoms with van der Waals surface area (Å²) in [5.41, 5.74) is 5.48. The molecule has 1 unspecified atom stereocenters. The average molecular weight is 186 g/mol. The van der Waals surface area contributed by atoms with Crippen LogP contribution in [-0.4, -0.2) is 21.7 Å². The van der Waals surface area contributed by atoms with Crippen LogP contribution in [0.25, 0.3) is 0 Å². The van der Waals surface area contributed by atoms with Crippen LogP contribution in [0, 0.1) is 10.7 Å². The summed E-state index contributed by atoms with van der Waals surface area (Å²) in [4.78, 5) is 4.08. The topological polar surface area (TPSA) is 70.5 Å². The Balaban J connectivity index is 2.38. The Morgan fingerprint density at radius 2 is 2.33 bits per heavy atom. The van der Waals surface area contributed by atoms with E-state index in [0.29, 0.717) is 10.7 Å². The molecule has 68 valence electrons. The second-order valence-corrected chi connectivity index (χ2v) is 3.38. The van der Waals surface area contributed by atoms with E-state index in [0.717, 1.165) is 25.2 Å². The minimum absolute atomic E-state index is 0.519. The van der Waals surface area contributed by atoms with Crippen LogP contribution in [-0.2, 0) is 6.42 Å². The third-order valence-corrected chi connectivity index (χ3v) is 2.02. The van der Waals surface area contributed by atoms with Gasteiger partial charge in [0.2, 0.25) is 4.77 Å². The standard InChI is InChI=1S/C7H14N4S/c1-5(4-8)2-3-6-9-7(12)11-10-6/h5H,2-4,8H2,1H3,(H2,9,10,11,12). The van der Waals surface area contributed by atoms with Crippen molar-refractivity contribution in [1.82, 2.24) is 15.2 Å². The normalized spacial score (nSPS) is 13.2. The van der Waals surface area contributed by atoms with Gasteiger partial charge in [0.05, 0.1) is 0 Å². The van der Waals surface area contributed by atoms with Crippen molar-refractivity contribution in [3.63, 3.8) is 0 Å². The highest BCUT2D eigenvalue weighted by atomic mass is 32.1. The number of rotatable bonds is 4. The molecule has 4 nitrogen and oxygen atoms in total. The van der Waals surface area contributed by atoms with Gasteiger partial charge in [0.15, 0.2) is 0 Å². The first-order valence-electron chi connectivity index (χ1n) is 4.06. The van der Waals surface area contributed by atoms with Crippen LogP contribution in [0.4, 0.5) is 0 Å². The maximum absolute atomic E-state index is 5.48. The first kappa shape index (κ1) is 9.41. The highest BCUT2D eigenvalue weighted by Crippen LogP contribution is 2.03. The molecule has 5 heteroatoms. The first-order chi connectivity index (χ1) is 5.72. The molecule has 0 saturated heterocycles. The van der Waals surface area contributed by atoms with Crippen LogP contribution in [0.5, 0.6) is 0 Å². The predicted molar refractivity (Wildman–Crippen MR) is 50.3 cm³/mol. The van der Waals surface area contributed by atoms with Crippen LogP contribution in [0.15, 0.2) is 0 Å². The van der Waals surface area contributed by atoms with Gasteiger partial charge < -0.3 is 5.73 Å². The molecule has 0 saturated carbocycles. The molecule has 0 aliphatic carbocycles. The van der Waals surface area contributed by atoms with Gasteiger partial charge in [0.25, 0.3) is 0 Å². The Morgan fingerprint density at radius 1 is 1.58 bits per heavy atom. The maximum atomic E-state index is 5.48. The number of nitrogens with zero attached hydrogens (tertiary/aromatic N) is 1. The van der Waals surface area contributed by atoms with Crippen LogP contribution in [0.3, 0.4) is 0 Å². The molecule has 0 aliphatic heterocycles. The number of nitrogens with one attached hydrogen (secondary N) is 2. The summed E-state index contributed by atoms with van der Waals surface area (Å²) in [7, 11) is 0. The lowest BCUT2D eigenvalue weighted by molar-refractivity contribution is 0.536. The molecule has 0 amide bonds. The second kappa shape index (κ2) is 4.37. The molecular formula is C7H14N4S. The van der Waals surface area contributed by atoms with Crippen molar-refractivity contribution >= 4 is 12.2 Å². The quantitative estimate of drug-likeness (QED) is 0.614. The first-order valence-corrected chi connectivity index (χ1v) is 4.47. The SMILES string of the molecule is CC(CN)CCc1nc(=S)[nH][nH]1. The molecule has 12 heavy (non-hydrogen) atoms. The van der Waals surface area contributed by atoms with E-state index in [1.165, 1.54) is 0 Å². The Kier molecular flexibility index (Phi) is 3.43. The van der Waals surface area contributed by atoms with E-state index < -0.39 is 0 Å². The summed E-state index contributed by atoms with van der Waals surface area (Å²) in [5.74, 6) is 1.46. The van der Waals surface area contributed by atoms with Crippen molar-refractivity contribution in [2.45, 2.75) is 19.8 Å². The maximum Gasteiger partial charge on any atom is 0.213 e. The fraction of sp³-hybridized carbons (Fsp3) is 0.714. The lowest BCUT2D eigenvalue weighted by atomic mass is 10.1. The molecule has 0 spiro atoms. The van der Waals surface area contributed by atoms with Crippen molar-refractivity contribution in [1.29, 1.82) is 0 Å². The number of hydrogen-bond donors (Lipinski definition) is 3. The van der Waals surface area contributed by atoms with Gasteiger partial charge in [-0.3, -0.25) is 10.2 Å². The molecule has 0 aliphatic rings. The van der Waals surface area contributed by atoms with E-state index in [1.54, 1.807) is 0 Å². The van der Waals surface area contributed by atoms with E-state index in [4.69, 9.17) is 18.0 Å². The van der Waals surface area contributed by atoms with Crippen molar-refractivity contribution in [3.8, 4) is 0 Å². The van der Waals surface area contributed by atoms with E-state index in [2.05, 4.69) is 22.1 Å². The zero-order valence-corrected chi connectivity index (χ0v) is 7.95. The van der Waals surface area contributed by atoms with Gasteiger partial charge in [-0.1, -0.05) is 6.92 Å². The van der Waals surface area contributed by atoms with E-state index in [1.807, 2.05) is 0 Å². The lowest BCUT2D eigenvalue weighted by Gasteiger charge is -2.04. The number of aryl methyl sites for hydroxylation is 1. The van der Waals surface area contributed by atoms with Crippen LogP contribution >= 0.6 is 12.2 Å². The largest absolute Gasteiger partial charge is 0.330 e. The van der Waals surface area contributed by atoms with Crippen molar-refractivity contribution in [2.75, 3.05) is 6.54 Å². The lowest BCUT2D eigenvalue weighted by Crippen LogP contribution is -2.11. The van der Waals surface area contributed by atoms with Gasteiger partial charge >= 0.3 is 0 Å². The van der Waals surface area contributed by atoms with Crippen molar-refractivity contribution in [2.24, 2.45) is 11.7 Å². The fourth-order valence-corrected chi connectivity index (χ4v) is 1.08. The molecular weight excluding hydrogens is 172 g/mol. The molecule has 0 radical (unpaired) electrons. The Hall–Kier alpha value is -0.680. The molecule has 0 aromatic carbocycles. The minimum Gasteiger partial charge on any atom is -0.330 e. The molecule has 1 atom stereocenters. The Labute approximate surface area is 76.6 Å². The zero-order chi connectivity index (χ0) is 8.97. The summed E-state index contributed by atoms with van der Waals surface area (Å²) < 4.78 is 0.519. The van der Waals surface area contributed by atoms with Gasteiger partial charge in [-0.25, -0.2) is 4.98 Å². The Bertz CT molecular complexity index is 277. The molecule has 0 bridgehead atoms. The summed E-state index contributed by atoms with van der Waals surface area (Å²) in [6.45, 7) is 2.85. The molecule has 1 aromatic heterocycles. The number of aromatic nitrogens is 3. The van der Waals surface area contributed by atoms with Crippen molar-refractivity contribution < 1.29 is 0 Å². The smallest absolute Gasteiger partial charge is 0.213 e. The molecule has 4 N–H and O–H groups in total. The summed E-state index contributed by atoms with van der Waals surface area (Å²) in [6.07, 6.45) is 1.96. The zero-order valence-electron chi connectivity index (χ0n) is 7.13. The van der Waals surface area contributed by atoms with Crippen molar-refractivity contribution in [3.05, 3.63) is 10.6 Å². The monoisotopic (exact) mass is 186 g/mol. The van der Waals surface area contributed by atoms with Gasteiger partial charge in [-0.15, -0.1) is 0 Å². The fourth-order valence-electron chi connectivity index (χ4n) is 0.923. The molecule has 0 fully saturated rings. The summed E-state index contributed by atoms with van der Waals surface area (Å²) >= 11 is 4.82. The highest BCUT2D eigenvalue weighted by molar-refractivity contribution is 7.71. The van der Waals surface area contributed by atoms with E-state index in [-0.39, 0.29) is 0 Å². The van der Waals surface area contributed by atoms with Gasteiger partial charge in [0, 0.05) is 6.42 Å². The summed E-state index contributed by atoms with van der Waals surface area (Å²) in [5, 5.41) is 5.66. The van der Waals surface area contributed by atoms with Crippen LogP contribution in [0.2, 0.25) is 0 Å². The van der Waals surface area contributed by atoms with Crippen LogP contribution in [0.1, 0.15) is 19.2 Å². The van der Waals surface area contributed by atoms with Gasteiger partial charge in [0.1, 0.15) is 5.82 Å². The third kappa shape index (κ3) is 2.75. The molecule has 1 rings (SSSR count). The average Bonchev–Trinajstić information content (AvgIpc) is 2.47. The van der Waals surface area contributed by atoms with Gasteiger partial charge in [-0.05, 0) is 31.1 Å². The second-order valence-electron chi connectivity index (χ2n) is 2.99. The third-order valence-electron chi connectivity index (χ3n) is 1.83. The number of aromatic amines is 2. The van der Waals surface area contributed by atoms with E-state index >= 15 is 0 Å². The van der Waals surface area contributed by atoms with E-state index in [9.17, 15) is 0 Å². The predicted octanol–water partition coefficient (Wildman–Crippen LogP) is 0.995. The Morgan fingerprint density at radius 3 is 2.83 bits per heavy atom. The van der Waals surface area contributed by atoms with Gasteiger partial charge in [-0.2, -0.15) is 0 Å². The number of H-pyrrole nitrogens is 2. The highest BCUT2D eigenvalue weighted by Gasteiger charge is 2.01. The number of nitrogens with two attached hydrogens (primary N) is 1. The molecule has 1 heterocycles. The number of hydrogen-bond acceptors (Lipinski definition) is 3.